The molecular formula is C23H28N2O3. The maximum absolute atomic E-state index is 12.8. The molecule has 148 valence electrons. The Labute approximate surface area is 166 Å². The first-order valence-electron chi connectivity index (χ1n) is 9.65. The van der Waals surface area contributed by atoms with Crippen molar-refractivity contribution in [2.45, 2.75) is 40.2 Å². The van der Waals surface area contributed by atoms with Crippen LogP contribution >= 0.6 is 0 Å². The molecular weight excluding hydrogens is 352 g/mol. The van der Waals surface area contributed by atoms with Crippen LogP contribution in [0.2, 0.25) is 0 Å². The Kier molecular flexibility index (Phi) is 5.93. The zero-order chi connectivity index (χ0) is 20.3. The van der Waals surface area contributed by atoms with Gasteiger partial charge in [-0.25, -0.2) is 0 Å². The third-order valence-electron chi connectivity index (χ3n) is 5.07. The molecule has 5 nitrogen and oxygen atoms in total. The monoisotopic (exact) mass is 380 g/mol. The van der Waals surface area contributed by atoms with E-state index >= 15 is 0 Å². The van der Waals surface area contributed by atoms with Gasteiger partial charge in [-0.05, 0) is 68.7 Å². The molecule has 0 saturated carbocycles. The highest BCUT2D eigenvalue weighted by Crippen LogP contribution is 2.30. The summed E-state index contributed by atoms with van der Waals surface area (Å²) in [6.45, 7) is 8.77. The molecule has 0 spiro atoms. The van der Waals surface area contributed by atoms with Crippen molar-refractivity contribution in [3.63, 3.8) is 0 Å². The number of methoxy groups -OCH3 is 1. The number of rotatable bonds is 7. The summed E-state index contributed by atoms with van der Waals surface area (Å²) in [6, 6.07) is 11.4. The summed E-state index contributed by atoms with van der Waals surface area (Å²) in [5.74, 6) is 1.29. The molecule has 3 rings (SSSR count). The van der Waals surface area contributed by atoms with E-state index in [1.54, 1.807) is 7.11 Å². The van der Waals surface area contributed by atoms with Crippen LogP contribution in [0, 0.1) is 13.8 Å². The molecule has 1 heterocycles. The second kappa shape index (κ2) is 8.38. The van der Waals surface area contributed by atoms with Crippen molar-refractivity contribution in [2.75, 3.05) is 13.7 Å². The topological polar surface area (TPSA) is 63.3 Å². The Balaban J connectivity index is 1.77. The molecule has 1 amide bonds. The highest BCUT2D eigenvalue weighted by molar-refractivity contribution is 5.99. The van der Waals surface area contributed by atoms with Crippen LogP contribution in [0.1, 0.15) is 53.5 Å². The number of nitrogens with one attached hydrogen (secondary N) is 2. The van der Waals surface area contributed by atoms with E-state index < -0.39 is 0 Å². The van der Waals surface area contributed by atoms with E-state index in [9.17, 15) is 4.79 Å². The van der Waals surface area contributed by atoms with E-state index in [-0.39, 0.29) is 11.9 Å². The average molecular weight is 380 g/mol. The first kappa shape index (κ1) is 19.8. The van der Waals surface area contributed by atoms with E-state index in [4.69, 9.17) is 9.47 Å². The van der Waals surface area contributed by atoms with Crippen LogP contribution in [-0.2, 0) is 0 Å². The van der Waals surface area contributed by atoms with E-state index in [1.165, 1.54) is 5.56 Å². The van der Waals surface area contributed by atoms with Crippen LogP contribution < -0.4 is 14.8 Å². The average Bonchev–Trinajstić information content (AvgIpc) is 2.99. The highest BCUT2D eigenvalue weighted by Gasteiger charge is 2.15. The number of aromatic amines is 1. The largest absolute Gasteiger partial charge is 0.493 e. The van der Waals surface area contributed by atoms with Crippen molar-refractivity contribution in [1.82, 2.24) is 10.3 Å². The second-order valence-electron chi connectivity index (χ2n) is 7.09. The summed E-state index contributed by atoms with van der Waals surface area (Å²) >= 11 is 0. The number of benzene rings is 2. The summed E-state index contributed by atoms with van der Waals surface area (Å²) in [5, 5.41) is 4.15. The Bertz CT molecular complexity index is 991. The van der Waals surface area contributed by atoms with Crippen LogP contribution in [0.5, 0.6) is 11.5 Å². The van der Waals surface area contributed by atoms with Crippen LogP contribution in [0.15, 0.2) is 36.4 Å². The number of carbonyl (C=O) groups excluding carboxylic acids is 1. The number of hydrogen-bond acceptors (Lipinski definition) is 3. The van der Waals surface area contributed by atoms with Gasteiger partial charge in [-0.2, -0.15) is 0 Å². The number of aryl methyl sites for hydroxylation is 2. The maximum atomic E-state index is 12.8. The Hall–Kier alpha value is -2.95. The number of hydrogen-bond donors (Lipinski definition) is 2. The lowest BCUT2D eigenvalue weighted by Gasteiger charge is -2.17. The van der Waals surface area contributed by atoms with Gasteiger partial charge in [-0.15, -0.1) is 0 Å². The molecule has 2 aromatic carbocycles. The smallest absolute Gasteiger partial charge is 0.251 e. The highest BCUT2D eigenvalue weighted by atomic mass is 16.5. The SMILES string of the molecule is CCCOc1ccc(C(C)NC(=O)c2ccc3[nH]c(C)c(C)c3c2)cc1OC. The molecule has 1 unspecified atom stereocenters. The first-order chi connectivity index (χ1) is 13.4. The standard InChI is InChI=1S/C23H28N2O3/c1-6-11-28-21-10-8-17(13-22(21)27-5)16(4)25-23(26)18-7-9-20-19(12-18)14(2)15(3)24-20/h7-10,12-13,16,24H,6,11H2,1-5H3,(H,25,26). The summed E-state index contributed by atoms with van der Waals surface area (Å²) in [4.78, 5) is 16.1. The van der Waals surface area contributed by atoms with Gasteiger partial charge in [0, 0.05) is 22.2 Å². The minimum atomic E-state index is -0.161. The number of H-pyrrole nitrogens is 1. The molecule has 0 aliphatic carbocycles. The normalized spacial score (nSPS) is 12.0. The Morgan fingerprint density at radius 2 is 1.93 bits per heavy atom. The molecule has 0 fully saturated rings. The van der Waals surface area contributed by atoms with Crippen molar-refractivity contribution in [3.8, 4) is 11.5 Å². The van der Waals surface area contributed by atoms with Crippen molar-refractivity contribution >= 4 is 16.8 Å². The molecule has 0 radical (unpaired) electrons. The van der Waals surface area contributed by atoms with Gasteiger partial charge < -0.3 is 19.8 Å². The lowest BCUT2D eigenvalue weighted by Crippen LogP contribution is -2.26. The maximum Gasteiger partial charge on any atom is 0.251 e. The van der Waals surface area contributed by atoms with Crippen LogP contribution in [0.4, 0.5) is 0 Å². The van der Waals surface area contributed by atoms with Gasteiger partial charge in [0.25, 0.3) is 5.91 Å². The fourth-order valence-electron chi connectivity index (χ4n) is 3.25. The summed E-state index contributed by atoms with van der Waals surface area (Å²) in [5.41, 5.74) is 4.95. The predicted molar refractivity (Wildman–Crippen MR) is 112 cm³/mol. The number of ether oxygens (including phenoxy) is 2. The fraction of sp³-hybridized carbons (Fsp3) is 0.348. The molecule has 5 heteroatoms. The predicted octanol–water partition coefficient (Wildman–Crippen LogP) is 5.07. The molecule has 0 aliphatic heterocycles. The van der Waals surface area contributed by atoms with Crippen molar-refractivity contribution in [3.05, 3.63) is 58.8 Å². The van der Waals surface area contributed by atoms with Gasteiger partial charge >= 0.3 is 0 Å². The lowest BCUT2D eigenvalue weighted by atomic mass is 10.1. The number of aromatic nitrogens is 1. The van der Waals surface area contributed by atoms with E-state index in [2.05, 4.69) is 24.1 Å². The van der Waals surface area contributed by atoms with Crippen LogP contribution in [0.3, 0.4) is 0 Å². The van der Waals surface area contributed by atoms with Gasteiger partial charge in [0.05, 0.1) is 19.8 Å². The van der Waals surface area contributed by atoms with Crippen LogP contribution in [0.25, 0.3) is 10.9 Å². The third kappa shape index (κ3) is 3.98. The molecule has 3 aromatic rings. The molecule has 0 saturated heterocycles. The molecule has 1 atom stereocenters. The van der Waals surface area contributed by atoms with Gasteiger partial charge in [-0.1, -0.05) is 13.0 Å². The van der Waals surface area contributed by atoms with E-state index in [0.29, 0.717) is 17.9 Å². The zero-order valence-electron chi connectivity index (χ0n) is 17.2. The van der Waals surface area contributed by atoms with Gasteiger partial charge in [0.1, 0.15) is 0 Å². The van der Waals surface area contributed by atoms with Gasteiger partial charge in [0.15, 0.2) is 11.5 Å². The van der Waals surface area contributed by atoms with E-state index in [1.807, 2.05) is 50.2 Å². The summed E-state index contributed by atoms with van der Waals surface area (Å²) in [6.07, 6.45) is 0.932. The fourth-order valence-corrected chi connectivity index (χ4v) is 3.25. The molecule has 1 aromatic heterocycles. The van der Waals surface area contributed by atoms with Crippen molar-refractivity contribution in [2.24, 2.45) is 0 Å². The number of carbonyl (C=O) groups is 1. The minimum absolute atomic E-state index is 0.0991. The summed E-state index contributed by atoms with van der Waals surface area (Å²) in [7, 11) is 1.62. The third-order valence-corrected chi connectivity index (χ3v) is 5.07. The molecule has 28 heavy (non-hydrogen) atoms. The molecule has 2 N–H and O–H groups in total. The van der Waals surface area contributed by atoms with Crippen LogP contribution in [-0.4, -0.2) is 24.6 Å². The Morgan fingerprint density at radius 1 is 1.14 bits per heavy atom. The Morgan fingerprint density at radius 3 is 2.64 bits per heavy atom. The first-order valence-corrected chi connectivity index (χ1v) is 9.65. The molecule has 0 bridgehead atoms. The number of amides is 1. The van der Waals surface area contributed by atoms with E-state index in [0.717, 1.165) is 34.3 Å². The van der Waals surface area contributed by atoms with Gasteiger partial charge in [0.2, 0.25) is 0 Å². The second-order valence-corrected chi connectivity index (χ2v) is 7.09. The number of fused-ring (bicyclic) bond motifs is 1. The summed E-state index contributed by atoms with van der Waals surface area (Å²) < 4.78 is 11.1. The van der Waals surface area contributed by atoms with Gasteiger partial charge in [-0.3, -0.25) is 4.79 Å². The van der Waals surface area contributed by atoms with Crippen molar-refractivity contribution < 1.29 is 14.3 Å². The quantitative estimate of drug-likeness (QED) is 0.601. The minimum Gasteiger partial charge on any atom is -0.493 e. The van der Waals surface area contributed by atoms with Crippen molar-refractivity contribution in [1.29, 1.82) is 0 Å². The zero-order valence-corrected chi connectivity index (χ0v) is 17.2. The lowest BCUT2D eigenvalue weighted by molar-refractivity contribution is 0.0940. The molecule has 0 aliphatic rings.